The van der Waals surface area contributed by atoms with Gasteiger partial charge >= 0.3 is 23.9 Å². The van der Waals surface area contributed by atoms with Crippen LogP contribution in [0.4, 0.5) is 0 Å². The van der Waals surface area contributed by atoms with Crippen LogP contribution in [0.3, 0.4) is 0 Å². The van der Waals surface area contributed by atoms with Crippen molar-refractivity contribution in [2.75, 3.05) is 40.1 Å². The lowest BCUT2D eigenvalue weighted by Crippen LogP contribution is -2.31. The number of benzene rings is 1. The minimum Gasteiger partial charge on any atom is -0.490 e. The molecule has 0 radical (unpaired) electrons. The molecule has 0 aromatic heterocycles. The zero-order valence-corrected chi connectivity index (χ0v) is 20.3. The number of carbonyl (C=O) groups excluding carboxylic acids is 4. The fourth-order valence-corrected chi connectivity index (χ4v) is 2.38. The first-order chi connectivity index (χ1) is 18.4. The molecule has 1 aromatic rings. The van der Waals surface area contributed by atoms with Crippen molar-refractivity contribution in [1.29, 1.82) is 0 Å². The normalized spacial score (nSPS) is 14.2. The Kier molecular flexibility index (Phi) is 14.0. The molecule has 1 aromatic carbocycles. The quantitative estimate of drug-likeness (QED) is 0.0565. The van der Waals surface area contributed by atoms with Gasteiger partial charge in [0, 0.05) is 11.6 Å². The molecule has 4 unspecified atom stereocenters. The maximum atomic E-state index is 12.2. The van der Waals surface area contributed by atoms with Gasteiger partial charge in [0.1, 0.15) is 12.7 Å². The Morgan fingerprint density at radius 3 is 1.69 bits per heavy atom. The Morgan fingerprint density at radius 1 is 0.744 bits per heavy atom. The molecule has 0 aliphatic rings. The standard InChI is InChI=1S/C22H28O17/c1-35-19-17(38-21(33)13(29)7-25)10(2-3-16(31)36-9-11(27)5-23)4-15(37-20(32)12(28)6-24)18(19)39-22(34)14(30)8-26/h2-4,11-14,23-30H,5-9H2,1H3. The van der Waals surface area contributed by atoms with Crippen LogP contribution in [0.15, 0.2) is 12.1 Å². The number of methoxy groups -OCH3 is 1. The first-order valence-electron chi connectivity index (χ1n) is 10.8. The number of aliphatic hydroxyl groups is 8. The molecule has 0 aliphatic heterocycles. The van der Waals surface area contributed by atoms with Crippen molar-refractivity contribution in [3.05, 3.63) is 17.7 Å². The molecule has 17 heteroatoms. The second-order valence-electron chi connectivity index (χ2n) is 7.31. The zero-order chi connectivity index (χ0) is 29.7. The minimum atomic E-state index is -2.10. The van der Waals surface area contributed by atoms with Crippen molar-refractivity contribution in [2.24, 2.45) is 0 Å². The summed E-state index contributed by atoms with van der Waals surface area (Å²) in [6, 6.07) is 0.804. The number of aliphatic hydroxyl groups excluding tert-OH is 8. The van der Waals surface area contributed by atoms with Gasteiger partial charge in [-0.2, -0.15) is 0 Å². The van der Waals surface area contributed by atoms with Gasteiger partial charge in [-0.1, -0.05) is 0 Å². The van der Waals surface area contributed by atoms with Crippen LogP contribution in [0.2, 0.25) is 0 Å². The SMILES string of the molecule is COc1c(OC(=O)C(O)CO)c(C=CC(=O)OCC(O)CO)cc(OC(=O)C(O)CO)c1OC(=O)C(O)CO. The summed E-state index contributed by atoms with van der Waals surface area (Å²) in [5.41, 5.74) is -0.367. The van der Waals surface area contributed by atoms with E-state index < -0.39 is 104 Å². The van der Waals surface area contributed by atoms with Crippen LogP contribution in [0.5, 0.6) is 23.0 Å². The molecule has 0 aliphatic carbocycles. The van der Waals surface area contributed by atoms with Crippen LogP contribution < -0.4 is 18.9 Å². The van der Waals surface area contributed by atoms with E-state index >= 15 is 0 Å². The Balaban J connectivity index is 3.77. The fourth-order valence-electron chi connectivity index (χ4n) is 2.38. The topological polar surface area (TPSA) is 276 Å². The molecule has 0 saturated carbocycles. The van der Waals surface area contributed by atoms with E-state index in [9.17, 15) is 39.6 Å². The van der Waals surface area contributed by atoms with Crippen molar-refractivity contribution >= 4 is 30.0 Å². The van der Waals surface area contributed by atoms with E-state index in [0.29, 0.717) is 6.08 Å². The molecule has 1 rings (SSSR count). The number of carbonyl (C=O) groups is 4. The van der Waals surface area contributed by atoms with E-state index in [2.05, 4.69) is 0 Å². The molecule has 0 bridgehead atoms. The number of esters is 4. The predicted molar refractivity (Wildman–Crippen MR) is 122 cm³/mol. The molecule has 0 heterocycles. The van der Waals surface area contributed by atoms with Gasteiger partial charge in [0.15, 0.2) is 29.8 Å². The minimum absolute atomic E-state index is 0.367. The highest BCUT2D eigenvalue weighted by Gasteiger charge is 2.31. The van der Waals surface area contributed by atoms with Gasteiger partial charge in [0.25, 0.3) is 0 Å². The summed E-state index contributed by atoms with van der Waals surface area (Å²) >= 11 is 0. The highest BCUT2D eigenvalue weighted by atomic mass is 16.6. The molecule has 0 amide bonds. The van der Waals surface area contributed by atoms with E-state index in [1.54, 1.807) is 0 Å². The third-order valence-corrected chi connectivity index (χ3v) is 4.37. The second kappa shape index (κ2) is 16.3. The highest BCUT2D eigenvalue weighted by Crippen LogP contribution is 2.48. The number of rotatable bonds is 15. The molecule has 0 spiro atoms. The number of ether oxygens (including phenoxy) is 5. The smallest absolute Gasteiger partial charge is 0.343 e. The van der Waals surface area contributed by atoms with Crippen molar-refractivity contribution in [3.63, 3.8) is 0 Å². The summed E-state index contributed by atoms with van der Waals surface area (Å²) < 4.78 is 24.7. The molecule has 39 heavy (non-hydrogen) atoms. The lowest BCUT2D eigenvalue weighted by Gasteiger charge is -2.20. The van der Waals surface area contributed by atoms with Crippen LogP contribution in [0.25, 0.3) is 6.08 Å². The van der Waals surface area contributed by atoms with Crippen LogP contribution in [-0.4, -0.2) is 129 Å². The maximum absolute atomic E-state index is 12.2. The first kappa shape index (κ1) is 33.3. The number of hydrogen-bond donors (Lipinski definition) is 8. The van der Waals surface area contributed by atoms with Crippen molar-refractivity contribution in [1.82, 2.24) is 0 Å². The third kappa shape index (κ3) is 9.85. The Bertz CT molecular complexity index is 1040. The maximum Gasteiger partial charge on any atom is 0.343 e. The second-order valence-corrected chi connectivity index (χ2v) is 7.31. The van der Waals surface area contributed by atoms with Crippen LogP contribution in [0.1, 0.15) is 5.56 Å². The monoisotopic (exact) mass is 564 g/mol. The summed E-state index contributed by atoms with van der Waals surface area (Å²) in [5.74, 6) is -8.59. The van der Waals surface area contributed by atoms with Gasteiger partial charge < -0.3 is 64.5 Å². The van der Waals surface area contributed by atoms with Crippen LogP contribution >= 0.6 is 0 Å². The Morgan fingerprint density at radius 2 is 1.23 bits per heavy atom. The summed E-state index contributed by atoms with van der Waals surface area (Å²) in [4.78, 5) is 48.5. The molecule has 8 N–H and O–H groups in total. The summed E-state index contributed by atoms with van der Waals surface area (Å²) in [7, 11) is 0.946. The van der Waals surface area contributed by atoms with Gasteiger partial charge in [-0.25, -0.2) is 19.2 Å². The average Bonchev–Trinajstić information content (AvgIpc) is 2.94. The number of hydrogen-bond acceptors (Lipinski definition) is 17. The molecule has 218 valence electrons. The van der Waals surface area contributed by atoms with Crippen molar-refractivity contribution in [3.8, 4) is 23.0 Å². The molecular weight excluding hydrogens is 536 g/mol. The molecule has 0 fully saturated rings. The molecule has 0 saturated heterocycles. The van der Waals surface area contributed by atoms with Gasteiger partial charge in [0.05, 0.1) is 33.5 Å². The summed E-state index contributed by atoms with van der Waals surface area (Å²) in [5, 5.41) is 73.9. The van der Waals surface area contributed by atoms with E-state index in [-0.39, 0.29) is 5.56 Å². The molecule has 17 nitrogen and oxygen atoms in total. The largest absolute Gasteiger partial charge is 0.490 e. The van der Waals surface area contributed by atoms with Crippen molar-refractivity contribution < 1.29 is 83.7 Å². The zero-order valence-electron chi connectivity index (χ0n) is 20.3. The summed E-state index contributed by atoms with van der Waals surface area (Å²) in [6.07, 6.45) is -6.03. The van der Waals surface area contributed by atoms with E-state index in [1.165, 1.54) is 0 Å². The predicted octanol–water partition coefficient (Wildman–Crippen LogP) is -4.62. The van der Waals surface area contributed by atoms with Gasteiger partial charge in [-0.3, -0.25) is 0 Å². The fraction of sp³-hybridized carbons (Fsp3) is 0.455. The Hall–Kier alpha value is -3.68. The first-order valence-corrected chi connectivity index (χ1v) is 10.8. The average molecular weight is 564 g/mol. The van der Waals surface area contributed by atoms with Crippen LogP contribution in [-0.2, 0) is 23.9 Å². The van der Waals surface area contributed by atoms with Gasteiger partial charge in [-0.15, -0.1) is 0 Å². The van der Waals surface area contributed by atoms with E-state index in [0.717, 1.165) is 19.3 Å². The van der Waals surface area contributed by atoms with Crippen molar-refractivity contribution in [2.45, 2.75) is 24.4 Å². The van der Waals surface area contributed by atoms with Gasteiger partial charge in [0.2, 0.25) is 11.5 Å². The molecule has 4 atom stereocenters. The molecular formula is C22H28O17. The highest BCUT2D eigenvalue weighted by molar-refractivity contribution is 5.90. The summed E-state index contributed by atoms with van der Waals surface area (Å²) in [6.45, 7) is -4.57. The van der Waals surface area contributed by atoms with E-state index in [4.69, 9.17) is 44.1 Å². The van der Waals surface area contributed by atoms with Crippen LogP contribution in [0, 0.1) is 0 Å². The Labute approximate surface area is 219 Å². The third-order valence-electron chi connectivity index (χ3n) is 4.37. The van der Waals surface area contributed by atoms with E-state index in [1.807, 2.05) is 0 Å². The lowest BCUT2D eigenvalue weighted by molar-refractivity contribution is -0.148. The van der Waals surface area contributed by atoms with Gasteiger partial charge in [-0.05, 0) is 12.1 Å². The lowest BCUT2D eigenvalue weighted by atomic mass is 10.1.